The molecule has 35 heavy (non-hydrogen) atoms. The molecule has 0 spiro atoms. The maximum Gasteiger partial charge on any atom is 0.332 e. The first kappa shape index (κ1) is 24.7. The average Bonchev–Trinajstić information content (AvgIpc) is 3.27. The van der Waals surface area contributed by atoms with Gasteiger partial charge in [0.05, 0.1) is 5.75 Å². The minimum Gasteiger partial charge on any atom is -0.384 e. The Morgan fingerprint density at radius 3 is 2.37 bits per heavy atom. The van der Waals surface area contributed by atoms with Crippen LogP contribution in [0.15, 0.2) is 73.8 Å². The molecule has 0 saturated carbocycles. The number of nitrogens with zero attached hydrogens (tertiary/aromatic N) is 5. The molecule has 2 N–H and O–H groups in total. The molecule has 2 aromatic carbocycles. The molecule has 2 aromatic heterocycles. The van der Waals surface area contributed by atoms with Crippen molar-refractivity contribution in [2.45, 2.75) is 18.1 Å². The van der Waals surface area contributed by atoms with E-state index in [0.717, 1.165) is 31.2 Å². The van der Waals surface area contributed by atoms with Gasteiger partial charge in [0, 0.05) is 30.7 Å². The fourth-order valence-electron chi connectivity index (χ4n) is 3.62. The Morgan fingerprint density at radius 2 is 1.69 bits per heavy atom. The van der Waals surface area contributed by atoms with Crippen LogP contribution in [0.5, 0.6) is 0 Å². The van der Waals surface area contributed by atoms with E-state index in [2.05, 4.69) is 38.3 Å². The zero-order valence-electron chi connectivity index (χ0n) is 19.1. The van der Waals surface area contributed by atoms with E-state index in [9.17, 15) is 14.4 Å². The molecular formula is C24H23BrN6O3S. The van der Waals surface area contributed by atoms with Crippen molar-refractivity contribution in [3.63, 3.8) is 0 Å². The summed E-state index contributed by atoms with van der Waals surface area (Å²) in [5.74, 6) is -0.0289. The second-order valence-corrected chi connectivity index (χ2v) is 9.74. The summed E-state index contributed by atoms with van der Waals surface area (Å²) in [6.45, 7) is 0.600. The number of hydrogen-bond donors (Lipinski definition) is 1. The number of aryl methyl sites for hydroxylation is 1. The summed E-state index contributed by atoms with van der Waals surface area (Å²) in [6.07, 6.45) is 0.748. The van der Waals surface area contributed by atoms with Gasteiger partial charge in [0.2, 0.25) is 0 Å². The van der Waals surface area contributed by atoms with Crippen LogP contribution in [0.3, 0.4) is 0 Å². The molecule has 180 valence electrons. The monoisotopic (exact) mass is 554 g/mol. The van der Waals surface area contributed by atoms with Gasteiger partial charge in [-0.3, -0.25) is 18.7 Å². The number of rotatable bonds is 8. The molecule has 4 aromatic rings. The summed E-state index contributed by atoms with van der Waals surface area (Å²) in [4.78, 5) is 37.6. The standard InChI is InChI=1S/C24H23BrN6O3S/c1-29-20(26)19(22(33)30(2)24(29)34)18(32)14-35-23-28-27-21(16-8-10-17(25)11-9-16)31(23)13-12-15-6-4-3-5-7-15/h3-11H,12-14,26H2,1-2H3. The van der Waals surface area contributed by atoms with Crippen LogP contribution in [0.1, 0.15) is 15.9 Å². The molecule has 0 bridgehead atoms. The van der Waals surface area contributed by atoms with E-state index in [-0.39, 0.29) is 17.1 Å². The van der Waals surface area contributed by atoms with Crippen molar-refractivity contribution in [2.24, 2.45) is 14.1 Å². The third kappa shape index (κ3) is 5.15. The molecule has 0 saturated heterocycles. The normalized spacial score (nSPS) is 11.1. The number of benzene rings is 2. The number of ketones is 1. The molecule has 4 rings (SSSR count). The van der Waals surface area contributed by atoms with Gasteiger partial charge < -0.3 is 10.3 Å². The molecule has 0 aliphatic rings. The zero-order chi connectivity index (χ0) is 25.1. The summed E-state index contributed by atoms with van der Waals surface area (Å²) < 4.78 is 4.89. The number of Topliss-reactive ketones (excluding diaryl/α,β-unsaturated/α-hetero) is 1. The van der Waals surface area contributed by atoms with Crippen molar-refractivity contribution >= 4 is 39.3 Å². The molecular weight excluding hydrogens is 532 g/mol. The van der Waals surface area contributed by atoms with Crippen molar-refractivity contribution < 1.29 is 4.79 Å². The maximum absolute atomic E-state index is 13.0. The number of nitrogens with two attached hydrogens (primary N) is 1. The van der Waals surface area contributed by atoms with Crippen LogP contribution >= 0.6 is 27.7 Å². The lowest BCUT2D eigenvalue weighted by Gasteiger charge is -2.12. The van der Waals surface area contributed by atoms with Crippen LogP contribution in [-0.4, -0.2) is 35.4 Å². The Labute approximate surface area is 213 Å². The Hall–Kier alpha value is -3.44. The van der Waals surface area contributed by atoms with Gasteiger partial charge in [0.15, 0.2) is 16.8 Å². The van der Waals surface area contributed by atoms with E-state index in [4.69, 9.17) is 5.73 Å². The Bertz CT molecular complexity index is 1490. The first-order valence-corrected chi connectivity index (χ1v) is 12.5. The Kier molecular flexibility index (Phi) is 7.37. The van der Waals surface area contributed by atoms with Crippen molar-refractivity contribution in [1.82, 2.24) is 23.9 Å². The second-order valence-electron chi connectivity index (χ2n) is 7.88. The number of halogens is 1. The van der Waals surface area contributed by atoms with Gasteiger partial charge in [-0.1, -0.05) is 70.2 Å². The van der Waals surface area contributed by atoms with Crippen molar-refractivity contribution in [3.05, 3.63) is 91.0 Å². The Morgan fingerprint density at radius 1 is 1.00 bits per heavy atom. The SMILES string of the molecule is Cn1c(N)c(C(=O)CSc2nnc(-c3ccc(Br)cc3)n2CCc2ccccc2)c(=O)n(C)c1=O. The van der Waals surface area contributed by atoms with Gasteiger partial charge in [0.25, 0.3) is 5.56 Å². The number of hydrogen-bond acceptors (Lipinski definition) is 7. The highest BCUT2D eigenvalue weighted by Crippen LogP contribution is 2.26. The van der Waals surface area contributed by atoms with Gasteiger partial charge in [-0.25, -0.2) is 4.79 Å². The first-order chi connectivity index (χ1) is 16.8. The highest BCUT2D eigenvalue weighted by atomic mass is 79.9. The predicted octanol–water partition coefficient (Wildman–Crippen LogP) is 2.90. The summed E-state index contributed by atoms with van der Waals surface area (Å²) >= 11 is 4.63. The number of nitrogen functional groups attached to an aromatic ring is 1. The third-order valence-electron chi connectivity index (χ3n) is 5.61. The number of anilines is 1. The van der Waals surface area contributed by atoms with Crippen LogP contribution in [0, 0.1) is 0 Å². The lowest BCUT2D eigenvalue weighted by molar-refractivity contribution is 0.102. The summed E-state index contributed by atoms with van der Waals surface area (Å²) in [5, 5.41) is 9.26. The molecule has 0 atom stereocenters. The number of thioether (sulfide) groups is 1. The summed E-state index contributed by atoms with van der Waals surface area (Å²) in [6, 6.07) is 17.8. The topological polar surface area (TPSA) is 118 Å². The van der Waals surface area contributed by atoms with E-state index in [1.54, 1.807) is 0 Å². The molecule has 0 aliphatic heterocycles. The number of carbonyl (C=O) groups excluding carboxylic acids is 1. The molecule has 0 radical (unpaired) electrons. The highest BCUT2D eigenvalue weighted by Gasteiger charge is 2.22. The van der Waals surface area contributed by atoms with E-state index >= 15 is 0 Å². The number of aromatic nitrogens is 5. The van der Waals surface area contributed by atoms with Gasteiger partial charge >= 0.3 is 5.69 Å². The lowest BCUT2D eigenvalue weighted by Crippen LogP contribution is -2.41. The average molecular weight is 555 g/mol. The quantitative estimate of drug-likeness (QED) is 0.263. The first-order valence-electron chi connectivity index (χ1n) is 10.7. The molecule has 9 nitrogen and oxygen atoms in total. The van der Waals surface area contributed by atoms with Crippen molar-refractivity contribution in [1.29, 1.82) is 0 Å². The molecule has 0 amide bonds. The minimum absolute atomic E-state index is 0.0819. The second kappa shape index (κ2) is 10.4. The lowest BCUT2D eigenvalue weighted by atomic mass is 10.1. The van der Waals surface area contributed by atoms with Crippen LogP contribution in [0.2, 0.25) is 0 Å². The molecule has 0 aliphatic carbocycles. The van der Waals surface area contributed by atoms with Crippen LogP contribution < -0.4 is 17.0 Å². The van der Waals surface area contributed by atoms with E-state index in [1.807, 2.05) is 47.0 Å². The maximum atomic E-state index is 13.0. The van der Waals surface area contributed by atoms with Gasteiger partial charge in [0.1, 0.15) is 11.4 Å². The number of carbonyl (C=O) groups is 1. The zero-order valence-corrected chi connectivity index (χ0v) is 21.5. The third-order valence-corrected chi connectivity index (χ3v) is 7.10. The van der Waals surface area contributed by atoms with Crippen LogP contribution in [0.4, 0.5) is 5.82 Å². The largest absolute Gasteiger partial charge is 0.384 e. The van der Waals surface area contributed by atoms with Crippen LogP contribution in [-0.2, 0) is 27.1 Å². The molecule has 0 fully saturated rings. The smallest absolute Gasteiger partial charge is 0.332 e. The predicted molar refractivity (Wildman–Crippen MR) is 140 cm³/mol. The van der Waals surface area contributed by atoms with E-state index in [1.165, 1.54) is 25.9 Å². The minimum atomic E-state index is -0.711. The summed E-state index contributed by atoms with van der Waals surface area (Å²) in [5.41, 5.74) is 6.49. The Balaban J connectivity index is 1.63. The molecule has 11 heteroatoms. The highest BCUT2D eigenvalue weighted by molar-refractivity contribution is 9.10. The van der Waals surface area contributed by atoms with Gasteiger partial charge in [-0.05, 0) is 24.1 Å². The molecule has 0 unspecified atom stereocenters. The van der Waals surface area contributed by atoms with Crippen LogP contribution in [0.25, 0.3) is 11.4 Å². The van der Waals surface area contributed by atoms with E-state index < -0.39 is 17.0 Å². The fourth-order valence-corrected chi connectivity index (χ4v) is 4.72. The fraction of sp³-hybridized carbons (Fsp3) is 0.208. The molecule has 2 heterocycles. The van der Waals surface area contributed by atoms with Gasteiger partial charge in [-0.2, -0.15) is 0 Å². The van der Waals surface area contributed by atoms with Gasteiger partial charge in [-0.15, -0.1) is 10.2 Å². The van der Waals surface area contributed by atoms with Crippen molar-refractivity contribution in [3.8, 4) is 11.4 Å². The summed E-state index contributed by atoms with van der Waals surface area (Å²) in [7, 11) is 2.74. The van der Waals surface area contributed by atoms with E-state index in [0.29, 0.717) is 17.5 Å². The van der Waals surface area contributed by atoms with Crippen molar-refractivity contribution in [2.75, 3.05) is 11.5 Å².